The lowest BCUT2D eigenvalue weighted by Crippen LogP contribution is -2.43. The molecule has 1 amide bonds. The molecule has 92 valence electrons. The van der Waals surface area contributed by atoms with E-state index in [1.165, 1.54) is 11.3 Å². The van der Waals surface area contributed by atoms with Crippen molar-refractivity contribution in [3.63, 3.8) is 0 Å². The molecule has 0 radical (unpaired) electrons. The molecule has 1 fully saturated rings. The molecule has 4 nitrogen and oxygen atoms in total. The monoisotopic (exact) mass is 252 g/mol. The van der Waals surface area contributed by atoms with Crippen LogP contribution >= 0.6 is 11.3 Å². The number of carbonyl (C=O) groups is 1. The fourth-order valence-corrected chi connectivity index (χ4v) is 2.80. The van der Waals surface area contributed by atoms with Gasteiger partial charge in [-0.2, -0.15) is 11.3 Å². The van der Waals surface area contributed by atoms with Crippen molar-refractivity contribution >= 4 is 23.0 Å². The number of thiophene rings is 1. The Morgan fingerprint density at radius 2 is 2.53 bits per heavy atom. The van der Waals surface area contributed by atoms with Crippen LogP contribution in [0.1, 0.15) is 30.1 Å². The smallest absolute Gasteiger partial charge is 0.254 e. The third kappa shape index (κ3) is 2.49. The number of likely N-dealkylation sites (tertiary alicyclic amines) is 1. The zero-order chi connectivity index (χ0) is 12.3. The Labute approximate surface area is 105 Å². The maximum Gasteiger partial charge on any atom is 0.254 e. The molecular formula is C12H16N2O2S. The molecule has 1 N–H and O–H groups in total. The summed E-state index contributed by atoms with van der Waals surface area (Å²) in [5, 5.41) is 16.0. The predicted octanol–water partition coefficient (Wildman–Crippen LogP) is 2.45. The van der Waals surface area contributed by atoms with Gasteiger partial charge in [0.2, 0.25) is 0 Å². The van der Waals surface area contributed by atoms with Gasteiger partial charge < -0.3 is 10.1 Å². The van der Waals surface area contributed by atoms with E-state index in [-0.39, 0.29) is 11.8 Å². The van der Waals surface area contributed by atoms with Gasteiger partial charge >= 0.3 is 0 Å². The molecule has 0 bridgehead atoms. The number of oxime groups is 1. The molecule has 1 atom stereocenters. The van der Waals surface area contributed by atoms with Gasteiger partial charge in [0.25, 0.3) is 5.91 Å². The van der Waals surface area contributed by atoms with Gasteiger partial charge in [-0.3, -0.25) is 4.79 Å². The van der Waals surface area contributed by atoms with Crippen LogP contribution in [0.4, 0.5) is 0 Å². The predicted molar refractivity (Wildman–Crippen MR) is 67.8 cm³/mol. The van der Waals surface area contributed by atoms with Gasteiger partial charge in [-0.15, -0.1) is 0 Å². The number of nitrogens with zero attached hydrogens (tertiary/aromatic N) is 2. The first-order valence-electron chi connectivity index (χ1n) is 5.78. The Morgan fingerprint density at radius 3 is 3.12 bits per heavy atom. The molecule has 1 saturated heterocycles. The van der Waals surface area contributed by atoms with Crippen molar-refractivity contribution < 1.29 is 10.0 Å². The molecule has 2 heterocycles. The van der Waals surface area contributed by atoms with Gasteiger partial charge in [0.1, 0.15) is 0 Å². The summed E-state index contributed by atoms with van der Waals surface area (Å²) < 4.78 is 0. The topological polar surface area (TPSA) is 52.9 Å². The van der Waals surface area contributed by atoms with E-state index < -0.39 is 0 Å². The van der Waals surface area contributed by atoms with Crippen molar-refractivity contribution in [1.82, 2.24) is 4.90 Å². The van der Waals surface area contributed by atoms with Crippen molar-refractivity contribution in [2.75, 3.05) is 13.1 Å². The number of amides is 1. The van der Waals surface area contributed by atoms with Crippen molar-refractivity contribution in [2.45, 2.75) is 19.8 Å². The van der Waals surface area contributed by atoms with Crippen LogP contribution in [0.3, 0.4) is 0 Å². The molecule has 2 rings (SSSR count). The van der Waals surface area contributed by atoms with Gasteiger partial charge in [-0.05, 0) is 17.9 Å². The Balaban J connectivity index is 2.07. The maximum absolute atomic E-state index is 12.1. The summed E-state index contributed by atoms with van der Waals surface area (Å²) in [6.07, 6.45) is 1.57. The Hall–Kier alpha value is -1.36. The standard InChI is InChI=1S/C12H16N2O2S/c1-2-9-7-14(5-3-11(9)13-16)12(15)10-4-6-17-8-10/h4,6,8-9,16H,2-3,5,7H2,1H3/b13-11+. The van der Waals surface area contributed by atoms with Crippen molar-refractivity contribution in [2.24, 2.45) is 11.1 Å². The van der Waals surface area contributed by atoms with Crippen LogP contribution in [0.2, 0.25) is 0 Å². The average Bonchev–Trinajstić information content (AvgIpc) is 2.90. The van der Waals surface area contributed by atoms with E-state index in [1.54, 1.807) is 0 Å². The Morgan fingerprint density at radius 1 is 1.71 bits per heavy atom. The second-order valence-electron chi connectivity index (χ2n) is 4.21. The highest BCUT2D eigenvalue weighted by atomic mass is 32.1. The van der Waals surface area contributed by atoms with E-state index in [4.69, 9.17) is 5.21 Å². The molecule has 1 aromatic heterocycles. The quantitative estimate of drug-likeness (QED) is 0.649. The molecule has 0 aromatic carbocycles. The first-order chi connectivity index (χ1) is 8.26. The Kier molecular flexibility index (Phi) is 3.78. The van der Waals surface area contributed by atoms with Gasteiger partial charge in [-0.1, -0.05) is 12.1 Å². The van der Waals surface area contributed by atoms with Crippen LogP contribution in [-0.2, 0) is 0 Å². The number of hydrogen-bond donors (Lipinski definition) is 1. The van der Waals surface area contributed by atoms with Crippen LogP contribution in [0, 0.1) is 5.92 Å². The minimum Gasteiger partial charge on any atom is -0.411 e. The van der Waals surface area contributed by atoms with Crippen LogP contribution in [0.5, 0.6) is 0 Å². The molecular weight excluding hydrogens is 236 g/mol. The lowest BCUT2D eigenvalue weighted by atomic mass is 9.93. The molecule has 1 aliphatic rings. The average molecular weight is 252 g/mol. The summed E-state index contributed by atoms with van der Waals surface area (Å²) >= 11 is 1.53. The van der Waals surface area contributed by atoms with Crippen molar-refractivity contribution in [1.29, 1.82) is 0 Å². The van der Waals surface area contributed by atoms with E-state index >= 15 is 0 Å². The molecule has 5 heteroatoms. The normalized spacial score (nSPS) is 23.0. The largest absolute Gasteiger partial charge is 0.411 e. The van der Waals surface area contributed by atoms with Crippen LogP contribution in [-0.4, -0.2) is 34.8 Å². The number of hydrogen-bond acceptors (Lipinski definition) is 4. The van der Waals surface area contributed by atoms with E-state index in [1.807, 2.05) is 21.7 Å². The summed E-state index contributed by atoms with van der Waals surface area (Å²) in [7, 11) is 0. The molecule has 17 heavy (non-hydrogen) atoms. The van der Waals surface area contributed by atoms with Gasteiger partial charge in [0, 0.05) is 30.8 Å². The summed E-state index contributed by atoms with van der Waals surface area (Å²) in [5.41, 5.74) is 1.58. The highest BCUT2D eigenvalue weighted by Gasteiger charge is 2.28. The highest BCUT2D eigenvalue weighted by molar-refractivity contribution is 7.08. The van der Waals surface area contributed by atoms with E-state index in [2.05, 4.69) is 12.1 Å². The zero-order valence-electron chi connectivity index (χ0n) is 9.80. The van der Waals surface area contributed by atoms with E-state index in [9.17, 15) is 4.79 Å². The molecule has 1 unspecified atom stereocenters. The first-order valence-corrected chi connectivity index (χ1v) is 6.72. The number of rotatable bonds is 2. The lowest BCUT2D eigenvalue weighted by Gasteiger charge is -2.32. The fraction of sp³-hybridized carbons (Fsp3) is 0.500. The number of carbonyl (C=O) groups excluding carboxylic acids is 1. The minimum absolute atomic E-state index is 0.0849. The maximum atomic E-state index is 12.1. The molecule has 0 aliphatic carbocycles. The van der Waals surface area contributed by atoms with Crippen LogP contribution in [0.15, 0.2) is 22.0 Å². The van der Waals surface area contributed by atoms with E-state index in [0.29, 0.717) is 19.5 Å². The summed E-state index contributed by atoms with van der Waals surface area (Å²) in [6, 6.07) is 1.85. The van der Waals surface area contributed by atoms with E-state index in [0.717, 1.165) is 17.7 Å². The van der Waals surface area contributed by atoms with Crippen molar-refractivity contribution in [3.8, 4) is 0 Å². The highest BCUT2D eigenvalue weighted by Crippen LogP contribution is 2.20. The third-order valence-electron chi connectivity index (χ3n) is 3.23. The second-order valence-corrected chi connectivity index (χ2v) is 4.99. The first kappa shape index (κ1) is 12.1. The Bertz CT molecular complexity index is 414. The van der Waals surface area contributed by atoms with Crippen LogP contribution in [0.25, 0.3) is 0 Å². The van der Waals surface area contributed by atoms with Gasteiger partial charge in [0.05, 0.1) is 11.3 Å². The van der Waals surface area contributed by atoms with Crippen molar-refractivity contribution in [3.05, 3.63) is 22.4 Å². The zero-order valence-corrected chi connectivity index (χ0v) is 10.6. The third-order valence-corrected chi connectivity index (χ3v) is 3.91. The minimum atomic E-state index is 0.0849. The fourth-order valence-electron chi connectivity index (χ4n) is 2.17. The number of piperidine rings is 1. The molecule has 0 spiro atoms. The van der Waals surface area contributed by atoms with Gasteiger partial charge in [-0.25, -0.2) is 0 Å². The molecule has 0 saturated carbocycles. The van der Waals surface area contributed by atoms with Gasteiger partial charge in [0.15, 0.2) is 0 Å². The second kappa shape index (κ2) is 5.31. The van der Waals surface area contributed by atoms with Crippen LogP contribution < -0.4 is 0 Å². The SMILES string of the molecule is CCC1CN(C(=O)c2ccsc2)CC/C1=N\O. The molecule has 1 aliphatic heterocycles. The summed E-state index contributed by atoms with van der Waals surface area (Å²) in [5.74, 6) is 0.276. The lowest BCUT2D eigenvalue weighted by molar-refractivity contribution is 0.0729. The summed E-state index contributed by atoms with van der Waals surface area (Å²) in [4.78, 5) is 14.0. The molecule has 1 aromatic rings. The summed E-state index contributed by atoms with van der Waals surface area (Å²) in [6.45, 7) is 3.35.